The molecule has 7 nitrogen and oxygen atoms in total. The van der Waals surface area contributed by atoms with Gasteiger partial charge in [0.05, 0.1) is 30.2 Å². The number of amidine groups is 1. The molecular weight excluding hydrogens is 491 g/mol. The maximum atomic E-state index is 12.8. The molecule has 1 heterocycles. The average Bonchev–Trinajstić information content (AvgIpc) is 2.82. The monoisotopic (exact) mass is 517 g/mol. The van der Waals surface area contributed by atoms with Crippen LogP contribution in [0.4, 0.5) is 24.5 Å². The molecule has 5 N–H and O–H groups in total. The number of hydrogen-bond acceptors (Lipinski definition) is 6. The molecule has 0 bridgehead atoms. The quantitative estimate of drug-likeness (QED) is 0.172. The van der Waals surface area contributed by atoms with Crippen LogP contribution in [0.15, 0.2) is 84.0 Å². The molecule has 190 valence electrons. The number of rotatable bonds is 9. The fraction of sp³-hybridized carbons (Fsp3) is 0.240. The molecule has 0 spiro atoms. The number of nitrogens with zero attached hydrogens (tertiary/aromatic N) is 2. The number of halogens is 3. The van der Waals surface area contributed by atoms with Gasteiger partial charge in [0.2, 0.25) is 0 Å². The summed E-state index contributed by atoms with van der Waals surface area (Å²) >= 11 is 0. The van der Waals surface area contributed by atoms with Crippen LogP contribution in [0.5, 0.6) is 0 Å². The lowest BCUT2D eigenvalue weighted by Gasteiger charge is -2.41. The smallest absolute Gasteiger partial charge is 0.382 e. The highest BCUT2D eigenvalue weighted by Gasteiger charge is 2.45. The summed E-state index contributed by atoms with van der Waals surface area (Å²) in [6.45, 7) is 0.533. The molecule has 0 aromatic heterocycles. The van der Waals surface area contributed by atoms with E-state index in [-0.39, 0.29) is 12.4 Å². The van der Waals surface area contributed by atoms with Gasteiger partial charge in [-0.05, 0) is 42.0 Å². The van der Waals surface area contributed by atoms with Gasteiger partial charge in [-0.2, -0.15) is 13.2 Å². The van der Waals surface area contributed by atoms with Gasteiger partial charge in [-0.25, -0.2) is 11.0 Å². The van der Waals surface area contributed by atoms with Crippen LogP contribution in [0.3, 0.4) is 0 Å². The normalized spacial score (nSPS) is 20.0. The number of hydrazine groups is 1. The van der Waals surface area contributed by atoms with Crippen molar-refractivity contribution in [3.8, 4) is 0 Å². The second kappa shape index (κ2) is 10.7. The molecule has 1 aliphatic rings. The van der Waals surface area contributed by atoms with Crippen molar-refractivity contribution in [2.75, 3.05) is 23.4 Å². The maximum absolute atomic E-state index is 12.8. The summed E-state index contributed by atoms with van der Waals surface area (Å²) in [5, 5.41) is 8.52. The highest BCUT2D eigenvalue weighted by Crippen LogP contribution is 2.31. The number of alkyl halides is 3. The van der Waals surface area contributed by atoms with Crippen LogP contribution in [-0.4, -0.2) is 38.8 Å². The molecule has 0 atom stereocenters. The van der Waals surface area contributed by atoms with E-state index in [2.05, 4.69) is 10.4 Å². The molecule has 0 aliphatic carbocycles. The molecule has 3 aromatic carbocycles. The minimum Gasteiger partial charge on any atom is -0.382 e. The van der Waals surface area contributed by atoms with Crippen molar-refractivity contribution < 1.29 is 22.1 Å². The molecule has 36 heavy (non-hydrogen) atoms. The zero-order chi connectivity index (χ0) is 25.8. The van der Waals surface area contributed by atoms with Gasteiger partial charge in [-0.1, -0.05) is 42.5 Å². The summed E-state index contributed by atoms with van der Waals surface area (Å²) in [4.78, 5) is 0. The SMILES string of the molecule is N/C(=N\N(N)CC1(OCc2ccccc2)CS(=O)C1)c1ccccc1Nc1ccc(C(F)(F)F)cc1. The molecule has 4 rings (SSSR count). The number of nitrogens with one attached hydrogen (secondary N) is 1. The largest absolute Gasteiger partial charge is 0.416 e. The van der Waals surface area contributed by atoms with E-state index in [9.17, 15) is 17.4 Å². The number of hydrazone groups is 1. The number of para-hydroxylation sites is 1. The van der Waals surface area contributed by atoms with Gasteiger partial charge in [0.15, 0.2) is 5.84 Å². The first kappa shape index (κ1) is 25.7. The molecule has 0 unspecified atom stereocenters. The van der Waals surface area contributed by atoms with Crippen molar-refractivity contribution in [3.05, 3.63) is 95.6 Å². The van der Waals surface area contributed by atoms with E-state index in [0.717, 1.165) is 17.7 Å². The third-order valence-corrected chi connectivity index (χ3v) is 7.31. The van der Waals surface area contributed by atoms with Gasteiger partial charge >= 0.3 is 6.18 Å². The van der Waals surface area contributed by atoms with E-state index in [4.69, 9.17) is 16.3 Å². The topological polar surface area (TPSA) is 106 Å². The van der Waals surface area contributed by atoms with E-state index in [1.807, 2.05) is 30.3 Å². The minimum absolute atomic E-state index is 0.103. The molecule has 1 fully saturated rings. The second-order valence-corrected chi connectivity index (χ2v) is 9.97. The first-order chi connectivity index (χ1) is 17.1. The molecule has 11 heteroatoms. The van der Waals surface area contributed by atoms with E-state index < -0.39 is 28.1 Å². The first-order valence-corrected chi connectivity index (χ1v) is 12.6. The van der Waals surface area contributed by atoms with Gasteiger partial charge in [0, 0.05) is 27.7 Å². The Hall–Kier alpha value is -3.41. The number of benzene rings is 3. The van der Waals surface area contributed by atoms with Crippen molar-refractivity contribution in [1.82, 2.24) is 5.12 Å². The minimum atomic E-state index is -4.41. The predicted octanol–water partition coefficient (Wildman–Crippen LogP) is 3.96. The van der Waals surface area contributed by atoms with Crippen LogP contribution in [0.1, 0.15) is 16.7 Å². The highest BCUT2D eigenvalue weighted by molar-refractivity contribution is 7.86. The van der Waals surface area contributed by atoms with E-state index in [0.29, 0.717) is 35.1 Å². The van der Waals surface area contributed by atoms with Gasteiger partial charge in [-0.15, -0.1) is 5.10 Å². The summed E-state index contributed by atoms with van der Waals surface area (Å²) in [5.41, 5.74) is 7.31. The van der Waals surface area contributed by atoms with Crippen LogP contribution in [-0.2, 0) is 28.3 Å². The van der Waals surface area contributed by atoms with Crippen LogP contribution in [0, 0.1) is 0 Å². The van der Waals surface area contributed by atoms with Gasteiger partial charge in [0.25, 0.3) is 0 Å². The highest BCUT2D eigenvalue weighted by atomic mass is 32.2. The zero-order valence-corrected chi connectivity index (χ0v) is 20.1. The first-order valence-electron chi connectivity index (χ1n) is 11.1. The third kappa shape index (κ3) is 6.42. The Balaban J connectivity index is 1.45. The Bertz CT molecular complexity index is 1230. The fourth-order valence-corrected chi connectivity index (χ4v) is 5.25. The summed E-state index contributed by atoms with van der Waals surface area (Å²) < 4.78 is 56.5. The number of anilines is 2. The van der Waals surface area contributed by atoms with Crippen LogP contribution >= 0.6 is 0 Å². The summed E-state index contributed by atoms with van der Waals surface area (Å²) in [7, 11) is -0.985. The van der Waals surface area contributed by atoms with E-state index in [1.54, 1.807) is 24.3 Å². The summed E-state index contributed by atoms with van der Waals surface area (Å²) in [5.74, 6) is 6.93. The molecule has 0 amide bonds. The van der Waals surface area contributed by atoms with Crippen LogP contribution < -0.4 is 16.9 Å². The third-order valence-electron chi connectivity index (χ3n) is 5.62. The number of nitrogens with two attached hydrogens (primary N) is 2. The Morgan fingerprint density at radius 1 is 1.03 bits per heavy atom. The van der Waals surface area contributed by atoms with Crippen LogP contribution in [0.25, 0.3) is 0 Å². The van der Waals surface area contributed by atoms with E-state index in [1.165, 1.54) is 17.3 Å². The Kier molecular flexibility index (Phi) is 7.62. The predicted molar refractivity (Wildman–Crippen MR) is 135 cm³/mol. The Morgan fingerprint density at radius 2 is 1.67 bits per heavy atom. The summed E-state index contributed by atoms with van der Waals surface area (Å²) in [6, 6.07) is 21.3. The van der Waals surface area contributed by atoms with Crippen LogP contribution in [0.2, 0.25) is 0 Å². The van der Waals surface area contributed by atoms with Crippen molar-refractivity contribution in [2.24, 2.45) is 16.7 Å². The zero-order valence-electron chi connectivity index (χ0n) is 19.2. The van der Waals surface area contributed by atoms with Crippen molar-refractivity contribution in [3.63, 3.8) is 0 Å². The van der Waals surface area contributed by atoms with Gasteiger partial charge in [0.1, 0.15) is 5.60 Å². The molecule has 0 radical (unpaired) electrons. The van der Waals surface area contributed by atoms with Crippen molar-refractivity contribution in [2.45, 2.75) is 18.4 Å². The Morgan fingerprint density at radius 3 is 2.31 bits per heavy atom. The fourth-order valence-electron chi connectivity index (χ4n) is 3.81. The Labute approximate surface area is 209 Å². The number of hydrogen-bond donors (Lipinski definition) is 3. The molecule has 1 aliphatic heterocycles. The molecule has 3 aromatic rings. The lowest BCUT2D eigenvalue weighted by atomic mass is 10.1. The van der Waals surface area contributed by atoms with Gasteiger partial charge in [-0.3, -0.25) is 4.21 Å². The lowest BCUT2D eigenvalue weighted by molar-refractivity contribution is -0.137. The molecule has 1 saturated heterocycles. The lowest BCUT2D eigenvalue weighted by Crippen LogP contribution is -2.60. The van der Waals surface area contributed by atoms with Crippen molar-refractivity contribution >= 4 is 28.0 Å². The number of ether oxygens (including phenoxy) is 1. The van der Waals surface area contributed by atoms with Gasteiger partial charge < -0.3 is 15.8 Å². The maximum Gasteiger partial charge on any atom is 0.416 e. The average molecular weight is 518 g/mol. The second-order valence-electron chi connectivity index (χ2n) is 8.51. The standard InChI is InChI=1S/C25H26F3N5O2S/c26-25(27,28)19-10-12-20(13-11-19)31-22-9-5-4-8-21(22)23(29)32-33(30)15-24(16-36(34)17-24)35-14-18-6-2-1-3-7-18/h1-13,31H,14-17,30H2,(H2,29,32). The van der Waals surface area contributed by atoms with E-state index >= 15 is 0 Å². The molecular formula is C25H26F3N5O2S. The van der Waals surface area contributed by atoms with Crippen molar-refractivity contribution in [1.29, 1.82) is 0 Å². The molecule has 0 saturated carbocycles. The summed E-state index contributed by atoms with van der Waals surface area (Å²) in [6.07, 6.45) is -4.41.